The van der Waals surface area contributed by atoms with Crippen molar-refractivity contribution >= 4 is 36.0 Å². The second-order valence-corrected chi connectivity index (χ2v) is 14.7. The number of carbonyl (C=O) groups is 2. The van der Waals surface area contributed by atoms with E-state index in [-0.39, 0.29) is 19.0 Å². The molecule has 11 N–H and O–H groups in total. The topological polar surface area (TPSA) is 322 Å². The average Bonchev–Trinajstić information content (AvgIpc) is 3.15. The van der Waals surface area contributed by atoms with Gasteiger partial charge in [0.25, 0.3) is 6.47 Å². The zero-order chi connectivity index (χ0) is 39.1. The van der Waals surface area contributed by atoms with Crippen LogP contribution >= 0.6 is 23.5 Å². The van der Waals surface area contributed by atoms with Crippen LogP contribution in [0.25, 0.3) is 0 Å². The number of hydrogen-bond acceptors (Lipinski definition) is 23. The fraction of sp³-hybridized carbons (Fsp3) is 0.933. The predicted molar refractivity (Wildman–Crippen MR) is 180 cm³/mol. The maximum Gasteiger partial charge on any atom is 0.315 e. The van der Waals surface area contributed by atoms with Crippen LogP contribution in [-0.4, -0.2) is 225 Å². The molecule has 0 aromatic carbocycles. The third-order valence-corrected chi connectivity index (χ3v) is 10.9. The zero-order valence-electron chi connectivity index (χ0n) is 29.0. The summed E-state index contributed by atoms with van der Waals surface area (Å²) in [5.74, 6) is 1.26. The van der Waals surface area contributed by atoms with Gasteiger partial charge >= 0.3 is 5.97 Å². The lowest BCUT2D eigenvalue weighted by atomic mass is 9.94. The number of carbonyl (C=O) groups excluding carboxylic acids is 2. The molecule has 16 atom stereocenters. The Hall–Kier alpha value is -1.04. The van der Waals surface area contributed by atoms with Crippen molar-refractivity contribution in [1.82, 2.24) is 5.32 Å². The Kier molecular flexibility index (Phi) is 20.9. The van der Waals surface area contributed by atoms with Gasteiger partial charge in [-0.2, -0.15) is 11.8 Å². The molecule has 0 aliphatic carbocycles. The number of aliphatic hydroxyl groups excluding tert-OH is 10. The number of nitrogens with one attached hydrogen (secondary N) is 1. The van der Waals surface area contributed by atoms with Gasteiger partial charge in [0, 0.05) is 18.1 Å². The number of hydrogen-bond donors (Lipinski definition) is 11. The number of esters is 1. The highest BCUT2D eigenvalue weighted by atomic mass is 32.2. The first-order chi connectivity index (χ1) is 25.4. The number of aliphatic hydroxyl groups is 10. The van der Waals surface area contributed by atoms with Crippen LogP contribution in [0, 0.1) is 5.92 Å². The van der Waals surface area contributed by atoms with Gasteiger partial charge < -0.3 is 94.3 Å². The molecule has 3 fully saturated rings. The number of methoxy groups -OCH3 is 1. The van der Waals surface area contributed by atoms with Gasteiger partial charge in [-0.15, -0.1) is 11.8 Å². The maximum atomic E-state index is 11.1. The van der Waals surface area contributed by atoms with Crippen LogP contribution in [0.4, 0.5) is 0 Å². The lowest BCUT2D eigenvalue weighted by Crippen LogP contribution is -2.63. The second kappa shape index (κ2) is 23.9. The van der Waals surface area contributed by atoms with E-state index in [4.69, 9.17) is 33.2 Å². The molecule has 0 spiro atoms. The van der Waals surface area contributed by atoms with Gasteiger partial charge in [-0.1, -0.05) is 0 Å². The Labute approximate surface area is 313 Å². The molecule has 0 aromatic rings. The fourth-order valence-electron chi connectivity index (χ4n) is 5.50. The van der Waals surface area contributed by atoms with E-state index in [1.807, 2.05) is 0 Å². The lowest BCUT2D eigenvalue weighted by Gasteiger charge is -2.46. The largest absolute Gasteiger partial charge is 0.468 e. The summed E-state index contributed by atoms with van der Waals surface area (Å²) in [6.45, 7) is -2.03. The van der Waals surface area contributed by atoms with Gasteiger partial charge in [0.2, 0.25) is 6.29 Å². The smallest absolute Gasteiger partial charge is 0.315 e. The van der Waals surface area contributed by atoms with Gasteiger partial charge in [0.1, 0.15) is 54.9 Å². The van der Waals surface area contributed by atoms with Gasteiger partial charge in [0.15, 0.2) is 18.9 Å². The Morgan fingerprint density at radius 1 is 0.868 bits per heavy atom. The quantitative estimate of drug-likeness (QED) is 0.0260. The third-order valence-electron chi connectivity index (χ3n) is 8.63. The Morgan fingerprint density at radius 2 is 1.57 bits per heavy atom. The highest BCUT2D eigenvalue weighted by molar-refractivity contribution is 8.03. The van der Waals surface area contributed by atoms with Crippen molar-refractivity contribution in [3.8, 4) is 0 Å². The average molecular weight is 812 g/mol. The fourth-order valence-corrected chi connectivity index (χ4v) is 7.43. The summed E-state index contributed by atoms with van der Waals surface area (Å²) in [5, 5.41) is 107. The van der Waals surface area contributed by atoms with E-state index in [1.165, 1.54) is 18.9 Å². The molecular weight excluding hydrogens is 758 g/mol. The highest BCUT2D eigenvalue weighted by Crippen LogP contribution is 2.32. The van der Waals surface area contributed by atoms with Crippen LogP contribution in [0.3, 0.4) is 0 Å². The van der Waals surface area contributed by atoms with Crippen LogP contribution in [0.2, 0.25) is 0 Å². The van der Waals surface area contributed by atoms with Crippen molar-refractivity contribution < 1.29 is 98.5 Å². The molecule has 21 nitrogen and oxygen atoms in total. The Morgan fingerprint density at radius 3 is 2.25 bits per heavy atom. The maximum absolute atomic E-state index is 11.1. The highest BCUT2D eigenvalue weighted by Gasteiger charge is 2.51. The van der Waals surface area contributed by atoms with Crippen LogP contribution in [0.5, 0.6) is 0 Å². The summed E-state index contributed by atoms with van der Waals surface area (Å²) in [5.41, 5.74) is 0. The molecule has 8 unspecified atom stereocenters. The van der Waals surface area contributed by atoms with E-state index in [1.54, 1.807) is 11.8 Å². The predicted octanol–water partition coefficient (Wildman–Crippen LogP) is -6.18. The minimum Gasteiger partial charge on any atom is -0.468 e. The zero-order valence-corrected chi connectivity index (χ0v) is 30.6. The van der Waals surface area contributed by atoms with Crippen molar-refractivity contribution in [2.45, 2.75) is 98.7 Å². The van der Waals surface area contributed by atoms with Crippen molar-refractivity contribution in [3.05, 3.63) is 0 Å². The van der Waals surface area contributed by atoms with Crippen molar-refractivity contribution in [2.75, 3.05) is 69.6 Å². The molecule has 0 saturated carbocycles. The molecule has 23 heteroatoms. The Bertz CT molecular complexity index is 1060. The summed E-state index contributed by atoms with van der Waals surface area (Å²) in [7, 11) is 1.34. The molecule has 3 saturated heterocycles. The molecular formula is C30H53NO20S2. The minimum atomic E-state index is -1.84. The van der Waals surface area contributed by atoms with Crippen molar-refractivity contribution in [3.63, 3.8) is 0 Å². The number of ether oxygens (including phenoxy) is 8. The molecule has 0 amide bonds. The van der Waals surface area contributed by atoms with Crippen molar-refractivity contribution in [2.24, 2.45) is 5.92 Å². The van der Waals surface area contributed by atoms with E-state index in [9.17, 15) is 60.7 Å². The van der Waals surface area contributed by atoms with Gasteiger partial charge in [-0.25, -0.2) is 0 Å². The summed E-state index contributed by atoms with van der Waals surface area (Å²) in [4.78, 5) is 22.0. The standard InChI is InChI=1S/C30H53NO20S2/c1-44-19(37)12-53-6-5-52-4-2-3-31-7-15(35)21(39)17(9-33)48-28-25(43)23(41)18(11-46-28)49-30-26(22(40)16(36)10-45-30)50-29-24(42)20(38)14(8-32)27(51-29)47-13-34/h13-18,20-33,35-36,38-43H,2-12H2,1H3/t14-,15?,16+,17?,18+,20-,21?,22?,23-,24?,25?,26?,27?,28-,29-,30-/m0/s1. The van der Waals surface area contributed by atoms with Crippen LogP contribution in [0.15, 0.2) is 0 Å². The molecule has 0 radical (unpaired) electrons. The number of rotatable bonds is 23. The van der Waals surface area contributed by atoms with E-state index in [0.29, 0.717) is 12.3 Å². The molecule has 310 valence electrons. The normalized spacial score (nSPS) is 36.7. The SMILES string of the molecule is COC(=O)CSCCSCCCNCC(O)C(O)C(CO)O[C@@H]1OC[C@@H](O[C@@H]2OC[C@@H](O)C(O)C2O[C@H]2OC(OC=O)[C@@H](CO)[C@H](O)C2O)[C@H](O)C1O. The second-order valence-electron chi connectivity index (χ2n) is 12.4. The molecule has 0 aromatic heterocycles. The van der Waals surface area contributed by atoms with Gasteiger partial charge in [0.05, 0.1) is 57.4 Å². The van der Waals surface area contributed by atoms with Crippen molar-refractivity contribution in [1.29, 1.82) is 0 Å². The van der Waals surface area contributed by atoms with Crippen LogP contribution in [0.1, 0.15) is 6.42 Å². The first-order valence-corrected chi connectivity index (χ1v) is 19.2. The first kappa shape index (κ1) is 46.3. The molecule has 3 aliphatic heterocycles. The first-order valence-electron chi connectivity index (χ1n) is 16.9. The van der Waals surface area contributed by atoms with Gasteiger partial charge in [-0.05, 0) is 18.7 Å². The van der Waals surface area contributed by atoms with E-state index in [0.717, 1.165) is 23.7 Å². The summed E-state index contributed by atoms with van der Waals surface area (Å²) < 4.78 is 42.5. The molecule has 0 bridgehead atoms. The molecule has 53 heavy (non-hydrogen) atoms. The molecule has 3 rings (SSSR count). The van der Waals surface area contributed by atoms with E-state index >= 15 is 0 Å². The van der Waals surface area contributed by atoms with E-state index < -0.39 is 125 Å². The number of thioether (sulfide) groups is 2. The van der Waals surface area contributed by atoms with E-state index in [2.05, 4.69) is 10.1 Å². The summed E-state index contributed by atoms with van der Waals surface area (Å²) >= 11 is 3.19. The molecule has 3 heterocycles. The summed E-state index contributed by atoms with van der Waals surface area (Å²) in [6.07, 6.45) is -23.8. The molecule has 3 aliphatic rings. The summed E-state index contributed by atoms with van der Waals surface area (Å²) in [6, 6.07) is 0. The van der Waals surface area contributed by atoms with Gasteiger partial charge in [-0.3, -0.25) is 9.59 Å². The lowest BCUT2D eigenvalue weighted by molar-refractivity contribution is -0.384. The minimum absolute atomic E-state index is 0.0111. The van der Waals surface area contributed by atoms with Crippen LogP contribution in [-0.2, 0) is 47.5 Å². The monoisotopic (exact) mass is 811 g/mol. The third kappa shape index (κ3) is 13.5. The Balaban J connectivity index is 1.48. The van der Waals surface area contributed by atoms with Crippen LogP contribution < -0.4 is 5.32 Å².